The van der Waals surface area contributed by atoms with Gasteiger partial charge in [-0.2, -0.15) is 0 Å². The van der Waals surface area contributed by atoms with E-state index in [1.807, 2.05) is 25.8 Å². The average Bonchev–Trinajstić information content (AvgIpc) is 3.22. The van der Waals surface area contributed by atoms with Gasteiger partial charge in [-0.3, -0.25) is 20.0 Å². The van der Waals surface area contributed by atoms with Crippen LogP contribution in [0.2, 0.25) is 0 Å². The molecule has 2 amide bonds. The molecule has 40 heavy (non-hydrogen) atoms. The lowest BCUT2D eigenvalue weighted by molar-refractivity contribution is -0.274. The zero-order valence-corrected chi connectivity index (χ0v) is 22.3. The summed E-state index contributed by atoms with van der Waals surface area (Å²) >= 11 is 0. The van der Waals surface area contributed by atoms with Crippen LogP contribution in [0.25, 0.3) is 0 Å². The van der Waals surface area contributed by atoms with Crippen molar-refractivity contribution in [1.29, 1.82) is 0 Å². The van der Waals surface area contributed by atoms with Gasteiger partial charge in [-0.25, -0.2) is 9.98 Å². The number of carbonyl (C=O) groups excluding carboxylic acids is 2. The lowest BCUT2D eigenvalue weighted by Gasteiger charge is -2.25. The third kappa shape index (κ3) is 6.78. The second-order valence-electron chi connectivity index (χ2n) is 9.41. The van der Waals surface area contributed by atoms with Crippen molar-refractivity contribution in [2.75, 3.05) is 25.6 Å². The van der Waals surface area contributed by atoms with Gasteiger partial charge < -0.3 is 20.1 Å². The molecule has 0 spiro atoms. The van der Waals surface area contributed by atoms with Gasteiger partial charge in [-0.1, -0.05) is 12.1 Å². The molecule has 0 aliphatic carbocycles. The smallest absolute Gasteiger partial charge is 0.406 e. The van der Waals surface area contributed by atoms with Crippen LogP contribution in [0, 0.1) is 12.8 Å². The van der Waals surface area contributed by atoms with Crippen molar-refractivity contribution >= 4 is 35.4 Å². The molecule has 13 heteroatoms. The number of hydrogen-bond donors (Lipinski definition) is 3. The number of amidine groups is 1. The minimum absolute atomic E-state index is 0.00958. The molecule has 10 nitrogen and oxygen atoms in total. The van der Waals surface area contributed by atoms with E-state index < -0.39 is 23.9 Å². The Morgan fingerprint density at radius 1 is 1.23 bits per heavy atom. The first-order valence-electron chi connectivity index (χ1n) is 12.4. The molecule has 4 rings (SSSR count). The number of methoxy groups -OCH3 is 1. The van der Waals surface area contributed by atoms with E-state index in [1.54, 1.807) is 25.3 Å². The molecule has 3 N–H and O–H groups in total. The number of fused-ring (bicyclic) bond motifs is 1. The van der Waals surface area contributed by atoms with Crippen LogP contribution < -0.4 is 20.8 Å². The van der Waals surface area contributed by atoms with E-state index in [-0.39, 0.29) is 17.5 Å². The molecule has 0 fully saturated rings. The van der Waals surface area contributed by atoms with Crippen molar-refractivity contribution in [2.45, 2.75) is 33.2 Å². The number of halogens is 3. The van der Waals surface area contributed by atoms with E-state index >= 15 is 0 Å². The predicted octanol–water partition coefficient (Wildman–Crippen LogP) is 4.08. The maximum Gasteiger partial charge on any atom is 0.573 e. The molecule has 0 saturated heterocycles. The largest absolute Gasteiger partial charge is 0.573 e. The summed E-state index contributed by atoms with van der Waals surface area (Å²) in [4.78, 5) is 34.8. The zero-order chi connectivity index (χ0) is 29.0. The Morgan fingerprint density at radius 3 is 2.73 bits per heavy atom. The molecule has 2 aliphatic heterocycles. The molecule has 2 atom stereocenters. The summed E-state index contributed by atoms with van der Waals surface area (Å²) < 4.78 is 46.7. The summed E-state index contributed by atoms with van der Waals surface area (Å²) in [6.45, 7) is 6.35. The summed E-state index contributed by atoms with van der Waals surface area (Å²) in [5.41, 5.74) is 6.20. The number of nitrogens with one attached hydrogen (secondary N) is 3. The number of alkyl halides is 3. The van der Waals surface area contributed by atoms with Crippen LogP contribution in [0.3, 0.4) is 0 Å². The topological polar surface area (TPSA) is 117 Å². The zero-order valence-electron chi connectivity index (χ0n) is 22.3. The predicted molar refractivity (Wildman–Crippen MR) is 143 cm³/mol. The number of benzene rings is 2. The van der Waals surface area contributed by atoms with Crippen molar-refractivity contribution in [3.63, 3.8) is 0 Å². The first-order chi connectivity index (χ1) is 18.9. The second-order valence-corrected chi connectivity index (χ2v) is 9.41. The standard InChI is InChI=1S/C27H29F3N6O4/c1-15-8-9-19(34-25(37)18-6-5-7-20(10-18)40-27(28,29)30)11-22(15)35-24-23-17(3)21(12-36(23)32-14-31-24)26(38)33-16(2)13-39-4/h5-11,14,16,21H,12-13H2,1-4H3,(H,33,38)(H,34,37)(H,31,32,35)/t16-,21?/m0/s1. The van der Waals surface area contributed by atoms with Crippen molar-refractivity contribution in [1.82, 2.24) is 15.8 Å². The van der Waals surface area contributed by atoms with Gasteiger partial charge in [0.05, 0.1) is 24.8 Å². The minimum Gasteiger partial charge on any atom is -0.406 e. The van der Waals surface area contributed by atoms with E-state index in [4.69, 9.17) is 9.73 Å². The average molecular weight is 559 g/mol. The normalized spacial score (nSPS) is 18.3. The molecular weight excluding hydrogens is 529 g/mol. The van der Waals surface area contributed by atoms with E-state index in [2.05, 4.69) is 25.8 Å². The summed E-state index contributed by atoms with van der Waals surface area (Å²) in [5.74, 6) is -1.27. The molecular formula is C27H29F3N6O4. The SMILES string of the molecule is COC[C@H](C)NC(=O)C1CN2NC=NC(=Nc3cc(NC(=O)c4cccc(OC(F)(F)F)c4)ccc3C)C2=C1C. The van der Waals surface area contributed by atoms with Gasteiger partial charge in [-0.05, 0) is 62.2 Å². The number of hydrazine groups is 1. The molecule has 1 unspecified atom stereocenters. The van der Waals surface area contributed by atoms with Gasteiger partial charge in [0.25, 0.3) is 5.91 Å². The quantitative estimate of drug-likeness (QED) is 0.450. The molecule has 212 valence electrons. The highest BCUT2D eigenvalue weighted by Crippen LogP contribution is 2.32. The van der Waals surface area contributed by atoms with Gasteiger partial charge in [0.2, 0.25) is 5.91 Å². The summed E-state index contributed by atoms with van der Waals surface area (Å²) in [7, 11) is 1.57. The molecule has 0 radical (unpaired) electrons. The fraction of sp³-hybridized carbons (Fsp3) is 0.333. The maximum atomic E-state index is 12.9. The van der Waals surface area contributed by atoms with Crippen LogP contribution >= 0.6 is 0 Å². The van der Waals surface area contributed by atoms with E-state index in [1.165, 1.54) is 18.5 Å². The Kier molecular flexibility index (Phi) is 8.43. The fourth-order valence-corrected chi connectivity index (χ4v) is 4.38. The molecule has 0 aromatic heterocycles. The van der Waals surface area contributed by atoms with Crippen LogP contribution in [0.4, 0.5) is 24.5 Å². The van der Waals surface area contributed by atoms with Crippen LogP contribution in [-0.2, 0) is 9.53 Å². The van der Waals surface area contributed by atoms with Crippen LogP contribution in [0.15, 0.2) is 63.7 Å². The van der Waals surface area contributed by atoms with Crippen LogP contribution in [-0.4, -0.2) is 61.7 Å². The highest BCUT2D eigenvalue weighted by Gasteiger charge is 2.37. The Bertz CT molecular complexity index is 1390. The number of nitrogens with zero attached hydrogens (tertiary/aromatic N) is 3. The van der Waals surface area contributed by atoms with Crippen LogP contribution in [0.5, 0.6) is 5.75 Å². The van der Waals surface area contributed by atoms with E-state index in [0.29, 0.717) is 36.1 Å². The number of ether oxygens (including phenoxy) is 2. The Morgan fingerprint density at radius 2 is 2.00 bits per heavy atom. The first kappa shape index (κ1) is 28.6. The van der Waals surface area contributed by atoms with E-state index in [9.17, 15) is 22.8 Å². The summed E-state index contributed by atoms with van der Waals surface area (Å²) in [6, 6.07) is 9.70. The number of hydrogen-bond acceptors (Lipinski definition) is 7. The van der Waals surface area contributed by atoms with Gasteiger partial charge in [0.15, 0.2) is 5.84 Å². The Hall–Kier alpha value is -4.39. The third-order valence-corrected chi connectivity index (χ3v) is 6.29. The number of rotatable bonds is 8. The number of carbonyl (C=O) groups is 2. The number of anilines is 1. The fourth-order valence-electron chi connectivity index (χ4n) is 4.38. The first-order valence-corrected chi connectivity index (χ1v) is 12.4. The molecule has 0 bridgehead atoms. The van der Waals surface area contributed by atoms with E-state index in [0.717, 1.165) is 23.3 Å². The van der Waals surface area contributed by atoms with Crippen molar-refractivity contribution in [2.24, 2.45) is 15.9 Å². The third-order valence-electron chi connectivity index (χ3n) is 6.29. The van der Waals surface area contributed by atoms with Gasteiger partial charge >= 0.3 is 6.36 Å². The molecule has 2 aromatic carbocycles. The number of amides is 2. The van der Waals surface area contributed by atoms with Gasteiger partial charge in [0, 0.05) is 24.4 Å². The Balaban J connectivity index is 1.56. The van der Waals surface area contributed by atoms with Crippen molar-refractivity contribution in [3.05, 3.63) is 64.9 Å². The number of aliphatic imine (C=N–C) groups is 2. The molecule has 2 heterocycles. The lowest BCUT2D eigenvalue weighted by atomic mass is 10.0. The van der Waals surface area contributed by atoms with Crippen molar-refractivity contribution < 1.29 is 32.2 Å². The summed E-state index contributed by atoms with van der Waals surface area (Å²) in [6.07, 6.45) is -3.38. The minimum atomic E-state index is -4.87. The van der Waals surface area contributed by atoms with Crippen LogP contribution in [0.1, 0.15) is 29.8 Å². The molecule has 2 aromatic rings. The van der Waals surface area contributed by atoms with Gasteiger partial charge in [0.1, 0.15) is 17.8 Å². The molecule has 2 aliphatic rings. The monoisotopic (exact) mass is 558 g/mol. The maximum absolute atomic E-state index is 12.9. The number of aryl methyl sites for hydroxylation is 1. The molecule has 0 saturated carbocycles. The highest BCUT2D eigenvalue weighted by atomic mass is 19.4. The Labute approximate surface area is 228 Å². The summed E-state index contributed by atoms with van der Waals surface area (Å²) in [5, 5.41) is 7.44. The lowest BCUT2D eigenvalue weighted by Crippen LogP contribution is -2.44. The second kappa shape index (κ2) is 11.8. The van der Waals surface area contributed by atoms with Crippen molar-refractivity contribution in [3.8, 4) is 5.75 Å². The van der Waals surface area contributed by atoms with Gasteiger partial charge in [-0.15, -0.1) is 13.2 Å². The highest BCUT2D eigenvalue weighted by molar-refractivity contribution is 6.07.